The smallest absolute Gasteiger partial charge is 0.315 e. The zero-order valence-electron chi connectivity index (χ0n) is 20.2. The number of aliphatic hydroxyl groups is 1. The molecule has 0 bridgehead atoms. The van der Waals surface area contributed by atoms with Gasteiger partial charge in [0, 0.05) is 11.3 Å². The Morgan fingerprint density at radius 2 is 1.77 bits per heavy atom. The minimum absolute atomic E-state index is 0.0751. The molecule has 2 saturated carbocycles. The maximum Gasteiger partial charge on any atom is 0.315 e. The van der Waals surface area contributed by atoms with Gasteiger partial charge in [0.25, 0.3) is 0 Å². The van der Waals surface area contributed by atoms with Crippen molar-refractivity contribution in [3.05, 3.63) is 11.3 Å². The number of carbonyl (C=O) groups excluding carboxylic acids is 1. The van der Waals surface area contributed by atoms with Crippen molar-refractivity contribution >= 4 is 5.97 Å². The van der Waals surface area contributed by atoms with Gasteiger partial charge < -0.3 is 9.84 Å². The van der Waals surface area contributed by atoms with Crippen LogP contribution in [0.4, 0.5) is 0 Å². The molecular weight excluding hydrogens is 372 g/mol. The summed E-state index contributed by atoms with van der Waals surface area (Å²) in [6.45, 7) is 13.8. The SMILES string of the molecule is CC(C)CCC[C@@H](C)[C@H]1CC[C@H]2C3=C(CC[C@]12C)[C@@]1(C)CC[C@](C)(O)CC1C(=O)O3. The molecule has 7 atom stereocenters. The van der Waals surface area contributed by atoms with E-state index in [0.29, 0.717) is 12.3 Å². The number of hydrogen-bond acceptors (Lipinski definition) is 3. The molecule has 2 fully saturated rings. The molecule has 0 radical (unpaired) electrons. The van der Waals surface area contributed by atoms with Gasteiger partial charge in [0.05, 0.1) is 11.5 Å². The Morgan fingerprint density at radius 3 is 2.47 bits per heavy atom. The average Bonchev–Trinajstić information content (AvgIpc) is 3.00. The van der Waals surface area contributed by atoms with E-state index < -0.39 is 5.60 Å². The minimum atomic E-state index is -0.742. The predicted molar refractivity (Wildman–Crippen MR) is 121 cm³/mol. The Morgan fingerprint density at radius 1 is 1.03 bits per heavy atom. The van der Waals surface area contributed by atoms with Crippen LogP contribution in [-0.2, 0) is 9.53 Å². The molecule has 1 N–H and O–H groups in total. The van der Waals surface area contributed by atoms with Gasteiger partial charge in [0.1, 0.15) is 5.76 Å². The Balaban J connectivity index is 1.57. The molecule has 4 rings (SSSR count). The van der Waals surface area contributed by atoms with Gasteiger partial charge in [-0.05, 0) is 80.6 Å². The monoisotopic (exact) mass is 416 g/mol. The topological polar surface area (TPSA) is 46.5 Å². The maximum atomic E-state index is 13.1. The van der Waals surface area contributed by atoms with E-state index in [1.807, 2.05) is 6.92 Å². The molecule has 4 aliphatic rings. The minimum Gasteiger partial charge on any atom is -0.431 e. The van der Waals surface area contributed by atoms with E-state index in [1.54, 1.807) is 0 Å². The van der Waals surface area contributed by atoms with Gasteiger partial charge >= 0.3 is 5.97 Å². The van der Waals surface area contributed by atoms with Crippen molar-refractivity contribution in [3.8, 4) is 0 Å². The van der Waals surface area contributed by atoms with Crippen LogP contribution >= 0.6 is 0 Å². The Bertz CT molecular complexity index is 720. The van der Waals surface area contributed by atoms with Gasteiger partial charge in [-0.3, -0.25) is 4.79 Å². The van der Waals surface area contributed by atoms with E-state index in [-0.39, 0.29) is 22.7 Å². The first-order valence-corrected chi connectivity index (χ1v) is 12.7. The quantitative estimate of drug-likeness (QED) is 0.511. The fraction of sp³-hybridized carbons (Fsp3) is 0.889. The Hall–Kier alpha value is -0.830. The predicted octanol–water partition coefficient (Wildman–Crippen LogP) is 6.64. The van der Waals surface area contributed by atoms with E-state index in [9.17, 15) is 9.90 Å². The summed E-state index contributed by atoms with van der Waals surface area (Å²) in [4.78, 5) is 13.1. The number of allylic oxidation sites excluding steroid dienone is 2. The first-order valence-electron chi connectivity index (χ1n) is 12.7. The van der Waals surface area contributed by atoms with Crippen LogP contribution < -0.4 is 0 Å². The van der Waals surface area contributed by atoms with Crippen LogP contribution in [0.5, 0.6) is 0 Å². The molecule has 0 saturated heterocycles. The number of fused-ring (bicyclic) bond motifs is 4. The summed E-state index contributed by atoms with van der Waals surface area (Å²) >= 11 is 0. The molecular formula is C27H44O3. The first kappa shape index (κ1) is 22.4. The summed E-state index contributed by atoms with van der Waals surface area (Å²) in [5.41, 5.74) is 0.835. The van der Waals surface area contributed by atoms with Crippen LogP contribution in [0, 0.1) is 40.4 Å². The summed E-state index contributed by atoms with van der Waals surface area (Å²) in [7, 11) is 0. The summed E-state index contributed by atoms with van der Waals surface area (Å²) in [6, 6.07) is 0. The third-order valence-corrected chi connectivity index (χ3v) is 9.85. The standard InChI is InChI=1S/C27H44O3/c1-17(2)8-7-9-18(3)19-10-11-20-23-21(12-13-26(19,20)5)27(6)15-14-25(4,29)16-22(27)24(28)30-23/h17-20,22,29H,7-16H2,1-6H3/t18-,19-,20+,22?,25+,26-,27-/m1/s1. The van der Waals surface area contributed by atoms with Gasteiger partial charge in [-0.25, -0.2) is 0 Å². The van der Waals surface area contributed by atoms with Crippen molar-refractivity contribution in [3.63, 3.8) is 0 Å². The molecule has 1 aliphatic heterocycles. The normalized spacial score (nSPS) is 44.4. The number of hydrogen-bond donors (Lipinski definition) is 1. The average molecular weight is 417 g/mol. The van der Waals surface area contributed by atoms with Gasteiger partial charge in [0.15, 0.2) is 0 Å². The van der Waals surface area contributed by atoms with E-state index in [0.717, 1.165) is 42.8 Å². The molecule has 0 amide bonds. The van der Waals surface area contributed by atoms with Crippen molar-refractivity contribution in [2.24, 2.45) is 40.4 Å². The third kappa shape index (κ3) is 3.57. The van der Waals surface area contributed by atoms with Crippen molar-refractivity contribution in [1.82, 2.24) is 0 Å². The summed E-state index contributed by atoms with van der Waals surface area (Å²) in [6.07, 6.45) is 10.9. The summed E-state index contributed by atoms with van der Waals surface area (Å²) in [5.74, 6) is 3.48. The summed E-state index contributed by atoms with van der Waals surface area (Å²) in [5, 5.41) is 10.6. The number of ether oxygens (including phenoxy) is 1. The molecule has 3 aliphatic carbocycles. The van der Waals surface area contributed by atoms with Crippen LogP contribution in [0.3, 0.4) is 0 Å². The highest BCUT2D eigenvalue weighted by Gasteiger charge is 2.60. The molecule has 1 unspecified atom stereocenters. The van der Waals surface area contributed by atoms with E-state index in [2.05, 4.69) is 34.6 Å². The highest BCUT2D eigenvalue weighted by Crippen LogP contribution is 2.65. The van der Waals surface area contributed by atoms with Gasteiger partial charge in [-0.2, -0.15) is 0 Å². The lowest BCUT2D eigenvalue weighted by atomic mass is 9.53. The fourth-order valence-electron chi connectivity index (χ4n) is 7.82. The largest absolute Gasteiger partial charge is 0.431 e. The fourth-order valence-corrected chi connectivity index (χ4v) is 7.82. The van der Waals surface area contributed by atoms with Crippen LogP contribution in [0.2, 0.25) is 0 Å². The zero-order chi connectivity index (χ0) is 21.9. The number of carbonyl (C=O) groups is 1. The van der Waals surface area contributed by atoms with Gasteiger partial charge in [-0.1, -0.05) is 53.9 Å². The molecule has 1 heterocycles. The van der Waals surface area contributed by atoms with Crippen LogP contribution in [0.15, 0.2) is 11.3 Å². The van der Waals surface area contributed by atoms with E-state index in [4.69, 9.17) is 4.74 Å². The molecule has 0 aromatic carbocycles. The molecule has 30 heavy (non-hydrogen) atoms. The van der Waals surface area contributed by atoms with Crippen LogP contribution in [0.25, 0.3) is 0 Å². The Labute approximate surface area is 184 Å². The molecule has 3 heteroatoms. The second-order valence-corrected chi connectivity index (χ2v) is 12.5. The number of esters is 1. The van der Waals surface area contributed by atoms with Crippen molar-refractivity contribution < 1.29 is 14.6 Å². The van der Waals surface area contributed by atoms with Crippen molar-refractivity contribution in [2.45, 2.75) is 111 Å². The molecule has 0 aromatic rings. The van der Waals surface area contributed by atoms with Gasteiger partial charge in [0.2, 0.25) is 0 Å². The number of rotatable bonds is 5. The van der Waals surface area contributed by atoms with Crippen molar-refractivity contribution in [1.29, 1.82) is 0 Å². The zero-order valence-corrected chi connectivity index (χ0v) is 20.2. The van der Waals surface area contributed by atoms with Crippen LogP contribution in [-0.4, -0.2) is 16.7 Å². The first-order chi connectivity index (χ1) is 14.0. The third-order valence-electron chi connectivity index (χ3n) is 9.85. The maximum absolute atomic E-state index is 13.1. The Kier molecular flexibility index (Phi) is 5.70. The van der Waals surface area contributed by atoms with E-state index in [1.165, 1.54) is 44.1 Å². The molecule has 3 nitrogen and oxygen atoms in total. The highest BCUT2D eigenvalue weighted by molar-refractivity contribution is 5.77. The van der Waals surface area contributed by atoms with Gasteiger partial charge in [-0.15, -0.1) is 0 Å². The molecule has 170 valence electrons. The second-order valence-electron chi connectivity index (χ2n) is 12.5. The molecule has 0 aromatic heterocycles. The molecule has 0 spiro atoms. The highest BCUT2D eigenvalue weighted by atomic mass is 16.5. The second kappa shape index (κ2) is 7.64. The van der Waals surface area contributed by atoms with Crippen molar-refractivity contribution in [2.75, 3.05) is 0 Å². The van der Waals surface area contributed by atoms with Crippen LogP contribution in [0.1, 0.15) is 106 Å². The lowest BCUT2D eigenvalue weighted by Gasteiger charge is -2.54. The lowest BCUT2D eigenvalue weighted by Crippen LogP contribution is -2.52. The lowest BCUT2D eigenvalue weighted by molar-refractivity contribution is -0.163. The summed E-state index contributed by atoms with van der Waals surface area (Å²) < 4.78 is 6.17. The van der Waals surface area contributed by atoms with E-state index >= 15 is 0 Å².